The van der Waals surface area contributed by atoms with Gasteiger partial charge in [-0.3, -0.25) is 4.99 Å². The summed E-state index contributed by atoms with van der Waals surface area (Å²) in [5.41, 5.74) is 0. The molecule has 2 aliphatic rings. The molecule has 6 nitrogen and oxygen atoms in total. The molecule has 1 atom stereocenters. The average Bonchev–Trinajstić information content (AvgIpc) is 3.25. The maximum Gasteiger partial charge on any atom is 0.193 e. The number of rotatable bonds is 9. The van der Waals surface area contributed by atoms with Gasteiger partial charge in [0.25, 0.3) is 0 Å². The number of guanidine groups is 1. The molecule has 0 bridgehead atoms. The summed E-state index contributed by atoms with van der Waals surface area (Å²) in [6.07, 6.45) is 5.86. The van der Waals surface area contributed by atoms with E-state index in [1.54, 1.807) is 0 Å². The van der Waals surface area contributed by atoms with Gasteiger partial charge in [0.2, 0.25) is 0 Å². The quantitative estimate of drug-likeness (QED) is 0.234. The Hall–Kier alpha value is -1.06. The first-order valence-corrected chi connectivity index (χ1v) is 10.8. The standard InChI is InChI=1S/C22H35N3O3.HI/c1-2-23-22(24-13-7-16-26-18-21-10-6-17-27-21)25-14-11-20(12-15-25)28-19-8-4-3-5-9-19;/h3-5,8-9,20-21H,2,6-7,10-18H2,1H3,(H,23,24);1H. The fourth-order valence-corrected chi connectivity index (χ4v) is 3.64. The summed E-state index contributed by atoms with van der Waals surface area (Å²) in [7, 11) is 0. The Bertz CT molecular complexity index is 574. The summed E-state index contributed by atoms with van der Waals surface area (Å²) in [6.45, 7) is 8.08. The smallest absolute Gasteiger partial charge is 0.193 e. The third-order valence-corrected chi connectivity index (χ3v) is 5.16. The molecule has 2 aliphatic heterocycles. The minimum Gasteiger partial charge on any atom is -0.490 e. The van der Waals surface area contributed by atoms with Crippen molar-refractivity contribution in [2.75, 3.05) is 46.0 Å². The van der Waals surface area contributed by atoms with Crippen molar-refractivity contribution in [3.63, 3.8) is 0 Å². The Morgan fingerprint density at radius 3 is 2.69 bits per heavy atom. The Morgan fingerprint density at radius 2 is 2.00 bits per heavy atom. The second-order valence-corrected chi connectivity index (χ2v) is 7.42. The Labute approximate surface area is 192 Å². The summed E-state index contributed by atoms with van der Waals surface area (Å²) >= 11 is 0. The first kappa shape index (κ1) is 24.2. The molecule has 2 fully saturated rings. The zero-order chi connectivity index (χ0) is 19.4. The van der Waals surface area contributed by atoms with E-state index in [4.69, 9.17) is 19.2 Å². The third-order valence-electron chi connectivity index (χ3n) is 5.16. The number of aliphatic imine (C=N–C) groups is 1. The number of nitrogens with zero attached hydrogens (tertiary/aromatic N) is 2. The normalized spacial score (nSPS) is 20.4. The third kappa shape index (κ3) is 8.68. The number of ether oxygens (including phenoxy) is 3. The van der Waals surface area contributed by atoms with E-state index in [0.29, 0.717) is 6.10 Å². The highest BCUT2D eigenvalue weighted by Crippen LogP contribution is 2.18. The van der Waals surface area contributed by atoms with Crippen LogP contribution in [0.3, 0.4) is 0 Å². The molecule has 0 aromatic heterocycles. The molecule has 1 aromatic rings. The van der Waals surface area contributed by atoms with E-state index in [0.717, 1.165) is 89.8 Å². The summed E-state index contributed by atoms with van der Waals surface area (Å²) < 4.78 is 17.4. The van der Waals surface area contributed by atoms with Gasteiger partial charge < -0.3 is 24.4 Å². The Kier molecular flexibility index (Phi) is 11.7. The summed E-state index contributed by atoms with van der Waals surface area (Å²) in [4.78, 5) is 7.14. The summed E-state index contributed by atoms with van der Waals surface area (Å²) in [5.74, 6) is 1.98. The van der Waals surface area contributed by atoms with Crippen LogP contribution in [0.1, 0.15) is 39.0 Å². The molecule has 164 valence electrons. The monoisotopic (exact) mass is 517 g/mol. The van der Waals surface area contributed by atoms with E-state index in [2.05, 4.69) is 17.1 Å². The van der Waals surface area contributed by atoms with Gasteiger partial charge in [0.05, 0.1) is 12.7 Å². The molecular formula is C22H36IN3O3. The van der Waals surface area contributed by atoms with E-state index in [1.165, 1.54) is 0 Å². The Balaban J connectivity index is 0.00000300. The summed E-state index contributed by atoms with van der Waals surface area (Å²) in [6, 6.07) is 10.1. The lowest BCUT2D eigenvalue weighted by atomic mass is 10.1. The topological polar surface area (TPSA) is 55.3 Å². The maximum absolute atomic E-state index is 6.10. The number of likely N-dealkylation sites (tertiary alicyclic amines) is 1. The molecular weight excluding hydrogens is 481 g/mol. The fourth-order valence-electron chi connectivity index (χ4n) is 3.64. The van der Waals surface area contributed by atoms with Crippen LogP contribution in [0.15, 0.2) is 35.3 Å². The van der Waals surface area contributed by atoms with Gasteiger partial charge in [-0.25, -0.2) is 0 Å². The minimum absolute atomic E-state index is 0. The first-order chi connectivity index (χ1) is 13.8. The molecule has 2 heterocycles. The van der Waals surface area contributed by atoms with E-state index in [1.807, 2.05) is 30.3 Å². The lowest BCUT2D eigenvalue weighted by Crippen LogP contribution is -2.47. The lowest BCUT2D eigenvalue weighted by molar-refractivity contribution is 0.0170. The van der Waals surface area contributed by atoms with Gasteiger partial charge in [0.15, 0.2) is 5.96 Å². The molecule has 7 heteroatoms. The van der Waals surface area contributed by atoms with Crippen molar-refractivity contribution in [1.29, 1.82) is 0 Å². The van der Waals surface area contributed by atoms with E-state index < -0.39 is 0 Å². The van der Waals surface area contributed by atoms with E-state index >= 15 is 0 Å². The second-order valence-electron chi connectivity index (χ2n) is 7.42. The SMILES string of the molecule is CCNC(=NCCCOCC1CCCO1)N1CCC(Oc2ccccc2)CC1.I. The highest BCUT2D eigenvalue weighted by atomic mass is 127. The fraction of sp³-hybridized carbons (Fsp3) is 0.682. The molecule has 1 aromatic carbocycles. The van der Waals surface area contributed by atoms with Crippen LogP contribution >= 0.6 is 24.0 Å². The summed E-state index contributed by atoms with van der Waals surface area (Å²) in [5, 5.41) is 3.43. The van der Waals surface area contributed by atoms with Crippen molar-refractivity contribution < 1.29 is 14.2 Å². The van der Waals surface area contributed by atoms with Crippen molar-refractivity contribution in [3.05, 3.63) is 30.3 Å². The predicted molar refractivity (Wildman–Crippen MR) is 127 cm³/mol. The molecule has 0 radical (unpaired) electrons. The number of nitrogens with one attached hydrogen (secondary N) is 1. The molecule has 2 saturated heterocycles. The van der Waals surface area contributed by atoms with Crippen molar-refractivity contribution in [1.82, 2.24) is 10.2 Å². The van der Waals surface area contributed by atoms with Gasteiger partial charge >= 0.3 is 0 Å². The maximum atomic E-state index is 6.10. The highest BCUT2D eigenvalue weighted by molar-refractivity contribution is 14.0. The number of para-hydroxylation sites is 1. The molecule has 1 N–H and O–H groups in total. The highest BCUT2D eigenvalue weighted by Gasteiger charge is 2.22. The average molecular weight is 517 g/mol. The van der Waals surface area contributed by atoms with Crippen LogP contribution < -0.4 is 10.1 Å². The number of benzene rings is 1. The van der Waals surface area contributed by atoms with Gasteiger partial charge in [0, 0.05) is 52.2 Å². The van der Waals surface area contributed by atoms with Crippen molar-refractivity contribution >= 4 is 29.9 Å². The van der Waals surface area contributed by atoms with Gasteiger partial charge in [-0.2, -0.15) is 0 Å². The van der Waals surface area contributed by atoms with E-state index in [-0.39, 0.29) is 30.1 Å². The molecule has 29 heavy (non-hydrogen) atoms. The zero-order valence-corrected chi connectivity index (χ0v) is 19.9. The largest absolute Gasteiger partial charge is 0.490 e. The van der Waals surface area contributed by atoms with Crippen molar-refractivity contribution in [3.8, 4) is 5.75 Å². The molecule has 0 aliphatic carbocycles. The first-order valence-electron chi connectivity index (χ1n) is 10.8. The molecule has 3 rings (SSSR count). The molecule has 0 spiro atoms. The van der Waals surface area contributed by atoms with Crippen molar-refractivity contribution in [2.45, 2.75) is 51.2 Å². The van der Waals surface area contributed by atoms with E-state index in [9.17, 15) is 0 Å². The van der Waals surface area contributed by atoms with Crippen LogP contribution in [-0.2, 0) is 9.47 Å². The lowest BCUT2D eigenvalue weighted by Gasteiger charge is -2.34. The predicted octanol–water partition coefficient (Wildman–Crippen LogP) is 3.70. The van der Waals surface area contributed by atoms with Crippen LogP contribution in [0.2, 0.25) is 0 Å². The van der Waals surface area contributed by atoms with Gasteiger partial charge in [-0.1, -0.05) is 18.2 Å². The number of hydrogen-bond donors (Lipinski definition) is 1. The van der Waals surface area contributed by atoms with Crippen LogP contribution in [0.5, 0.6) is 5.75 Å². The molecule has 1 unspecified atom stereocenters. The van der Waals surface area contributed by atoms with Crippen molar-refractivity contribution in [2.24, 2.45) is 4.99 Å². The number of hydrogen-bond acceptors (Lipinski definition) is 4. The zero-order valence-electron chi connectivity index (χ0n) is 17.6. The molecule has 0 saturated carbocycles. The van der Waals surface area contributed by atoms with Crippen LogP contribution in [0, 0.1) is 0 Å². The van der Waals surface area contributed by atoms with Gasteiger partial charge in [0.1, 0.15) is 11.9 Å². The Morgan fingerprint density at radius 1 is 1.21 bits per heavy atom. The van der Waals surface area contributed by atoms with Crippen LogP contribution in [0.25, 0.3) is 0 Å². The van der Waals surface area contributed by atoms with Gasteiger partial charge in [-0.05, 0) is 38.3 Å². The van der Waals surface area contributed by atoms with Crippen LogP contribution in [-0.4, -0.2) is 69.1 Å². The number of halogens is 1. The second kappa shape index (κ2) is 14.0. The van der Waals surface area contributed by atoms with Crippen LogP contribution in [0.4, 0.5) is 0 Å². The minimum atomic E-state index is 0. The van der Waals surface area contributed by atoms with Gasteiger partial charge in [-0.15, -0.1) is 24.0 Å². The number of piperidine rings is 1. The molecule has 0 amide bonds.